The normalized spacial score (nSPS) is 21.3. The van der Waals surface area contributed by atoms with E-state index in [1.54, 1.807) is 24.4 Å². The predicted octanol–water partition coefficient (Wildman–Crippen LogP) is 10.9. The highest BCUT2D eigenvalue weighted by atomic mass is 35.5. The van der Waals surface area contributed by atoms with Crippen molar-refractivity contribution in [3.05, 3.63) is 123 Å². The molecule has 4 fully saturated rings. The minimum atomic E-state index is -4.63. The van der Waals surface area contributed by atoms with Crippen LogP contribution in [0, 0.1) is 21.3 Å². The average Bonchev–Trinajstić information content (AvgIpc) is 4.27. The van der Waals surface area contributed by atoms with E-state index < -0.39 is 37.3 Å². The molecule has 1 aromatic heterocycles. The van der Waals surface area contributed by atoms with Gasteiger partial charge in [-0.25, -0.2) is 17.5 Å². The molecule has 5 aromatic rings. The zero-order valence-electron chi connectivity index (χ0n) is 38.6. The number of rotatable bonds is 15. The summed E-state index contributed by atoms with van der Waals surface area (Å²) in [5, 5.41) is 17.1. The number of H-pyrrole nitrogens is 1. The number of nitrogens with one attached hydrogen (secondary N) is 3. The average molecular weight is 965 g/mol. The molecule has 1 saturated heterocycles. The van der Waals surface area contributed by atoms with Gasteiger partial charge in [0.15, 0.2) is 11.6 Å². The van der Waals surface area contributed by atoms with Crippen molar-refractivity contribution < 1.29 is 27.3 Å². The Bertz CT molecular complexity index is 2850. The summed E-state index contributed by atoms with van der Waals surface area (Å²) >= 11 is 6.25. The van der Waals surface area contributed by atoms with Crippen molar-refractivity contribution in [1.29, 1.82) is 0 Å². The number of carbonyl (C=O) groups excluding carboxylic acids is 1. The molecule has 0 spiro atoms. The molecule has 0 bridgehead atoms. The molecule has 0 radical (unpaired) electrons. The molecule has 68 heavy (non-hydrogen) atoms. The summed E-state index contributed by atoms with van der Waals surface area (Å²) in [6.45, 7) is 8.39. The van der Waals surface area contributed by atoms with E-state index in [4.69, 9.17) is 16.3 Å². The monoisotopic (exact) mass is 963 g/mol. The molecule has 358 valence electrons. The van der Waals surface area contributed by atoms with Crippen molar-refractivity contribution in [3.63, 3.8) is 0 Å². The number of fused-ring (bicyclic) bond motifs is 1. The van der Waals surface area contributed by atoms with Crippen LogP contribution >= 0.6 is 11.6 Å². The van der Waals surface area contributed by atoms with Crippen LogP contribution in [-0.2, 0) is 10.0 Å². The highest BCUT2D eigenvalue weighted by Gasteiger charge is 2.44. The summed E-state index contributed by atoms with van der Waals surface area (Å²) in [5.74, 6) is -1.91. The fourth-order valence-corrected chi connectivity index (χ4v) is 11.8. The second-order valence-electron chi connectivity index (χ2n) is 20.3. The molecule has 5 aliphatic rings. The fraction of sp³-hybridized carbons (Fsp3) is 0.442. The quantitative estimate of drug-likeness (QED) is 0.0683. The molecule has 3 N–H and O–H groups in total. The Morgan fingerprint density at radius 1 is 0.897 bits per heavy atom. The maximum absolute atomic E-state index is 15.6. The molecular formula is C52H59ClFN7O6S. The van der Waals surface area contributed by atoms with E-state index in [0.29, 0.717) is 47.1 Å². The number of hydrogen-bond donors (Lipinski definition) is 3. The lowest BCUT2D eigenvalue weighted by atomic mass is 9.72. The topological polar surface area (TPSA) is 153 Å². The number of amides is 1. The van der Waals surface area contributed by atoms with Crippen molar-refractivity contribution in [3.8, 4) is 11.5 Å². The molecule has 4 aromatic carbocycles. The minimum Gasteiger partial charge on any atom is -0.453 e. The van der Waals surface area contributed by atoms with Crippen molar-refractivity contribution in [2.24, 2.45) is 5.41 Å². The van der Waals surface area contributed by atoms with Gasteiger partial charge in [0.05, 0.1) is 15.4 Å². The molecule has 3 saturated carbocycles. The maximum atomic E-state index is 15.6. The second-order valence-corrected chi connectivity index (χ2v) is 22.4. The van der Waals surface area contributed by atoms with Crippen LogP contribution in [0.15, 0.2) is 95.5 Å². The third-order valence-corrected chi connectivity index (χ3v) is 16.3. The van der Waals surface area contributed by atoms with Crippen LogP contribution in [0.5, 0.6) is 11.5 Å². The SMILES string of the molecule is CC1(C)CCC(CN2CCN(c3ccc(C(=O)NS(=O)(=O)c4ccc(NC5CCC(N(C6CC6)C6CC6)CC5)c([N+](=O)[O-])c4)c(Oc4cc5cc[nH]c5cc4F)c3)CC2)=C(c2ccc(Cl)cc2)C1. The van der Waals surface area contributed by atoms with Crippen molar-refractivity contribution in [1.82, 2.24) is 19.5 Å². The van der Waals surface area contributed by atoms with Crippen LogP contribution in [0.2, 0.25) is 5.02 Å². The highest BCUT2D eigenvalue weighted by molar-refractivity contribution is 7.90. The Labute approximate surface area is 402 Å². The van der Waals surface area contributed by atoms with Gasteiger partial charge in [0.1, 0.15) is 11.4 Å². The van der Waals surface area contributed by atoms with E-state index in [9.17, 15) is 23.3 Å². The molecule has 10 rings (SSSR count). The van der Waals surface area contributed by atoms with Gasteiger partial charge in [0.2, 0.25) is 0 Å². The largest absolute Gasteiger partial charge is 0.453 e. The van der Waals surface area contributed by atoms with E-state index in [0.717, 1.165) is 76.3 Å². The number of nitrogens with zero attached hydrogens (tertiary/aromatic N) is 4. The Hall–Kier alpha value is -5.48. The van der Waals surface area contributed by atoms with Crippen LogP contribution in [0.25, 0.3) is 16.5 Å². The molecule has 16 heteroatoms. The van der Waals surface area contributed by atoms with E-state index in [2.05, 4.69) is 55.7 Å². The van der Waals surface area contributed by atoms with E-state index in [-0.39, 0.29) is 34.2 Å². The Morgan fingerprint density at radius 2 is 1.59 bits per heavy atom. The Morgan fingerprint density at radius 3 is 2.26 bits per heavy atom. The van der Waals surface area contributed by atoms with Gasteiger partial charge in [-0.05, 0) is 136 Å². The standard InChI is InChI=1S/C52H59ClFN7O6S/c1-52(2)21-19-35(44(31-52)33-3-5-36(53)6-4-33)32-58-23-25-59(26-24-58)41-15-17-43(49(28-41)67-50-27-34-20-22-55-47(34)30-45(50)54)51(62)57-68(65,66)42-16-18-46(48(29-42)61(63)64)56-37-7-9-38(10-8-37)60(39-11-12-39)40-13-14-40/h3-6,15-18,20,22,27-30,37-40,55-56H,7-14,19,21,23-26,31-32H2,1-2H3,(H,57,62). The number of piperazine rings is 1. The summed E-state index contributed by atoms with van der Waals surface area (Å²) in [5.41, 5.74) is 5.21. The summed E-state index contributed by atoms with van der Waals surface area (Å²) in [6.07, 6.45) is 13.6. The van der Waals surface area contributed by atoms with Gasteiger partial charge < -0.3 is 19.9 Å². The summed E-state index contributed by atoms with van der Waals surface area (Å²) in [7, 11) is -4.63. The third kappa shape index (κ3) is 10.3. The first kappa shape index (κ1) is 46.3. The summed E-state index contributed by atoms with van der Waals surface area (Å²) < 4.78 is 51.6. The number of hydrogen-bond acceptors (Lipinski definition) is 10. The first-order valence-electron chi connectivity index (χ1n) is 24.1. The number of carbonyl (C=O) groups is 1. The van der Waals surface area contributed by atoms with Crippen molar-refractivity contribution in [2.45, 2.75) is 114 Å². The predicted molar refractivity (Wildman–Crippen MR) is 265 cm³/mol. The smallest absolute Gasteiger partial charge is 0.293 e. The van der Waals surface area contributed by atoms with Gasteiger partial charge in [-0.1, -0.05) is 43.2 Å². The molecule has 2 heterocycles. The number of benzene rings is 4. The molecule has 4 aliphatic carbocycles. The zero-order chi connectivity index (χ0) is 47.3. The molecule has 0 unspecified atom stereocenters. The summed E-state index contributed by atoms with van der Waals surface area (Å²) in [4.78, 5) is 35.7. The van der Waals surface area contributed by atoms with Crippen molar-refractivity contribution in [2.75, 3.05) is 42.9 Å². The van der Waals surface area contributed by atoms with Crippen LogP contribution in [0.1, 0.15) is 100 Å². The van der Waals surface area contributed by atoms with Gasteiger partial charge in [0, 0.05) is 103 Å². The lowest BCUT2D eigenvalue weighted by Crippen LogP contribution is -2.47. The van der Waals surface area contributed by atoms with Crippen LogP contribution in [-0.4, -0.2) is 90.9 Å². The number of nitro groups is 1. The summed E-state index contributed by atoms with van der Waals surface area (Å²) in [6, 6.07) is 23.2. The third-order valence-electron chi connectivity index (χ3n) is 14.7. The van der Waals surface area contributed by atoms with Crippen LogP contribution < -0.4 is 19.7 Å². The number of nitro benzene ring substituents is 1. The lowest BCUT2D eigenvalue weighted by Gasteiger charge is -2.39. The first-order chi connectivity index (χ1) is 32.7. The van der Waals surface area contributed by atoms with Crippen LogP contribution in [0.3, 0.4) is 0 Å². The zero-order valence-corrected chi connectivity index (χ0v) is 40.2. The minimum absolute atomic E-state index is 0.0152. The van der Waals surface area contributed by atoms with Gasteiger partial charge in [-0.2, -0.15) is 0 Å². The number of anilines is 2. The second kappa shape index (κ2) is 18.8. The molecule has 1 aliphatic heterocycles. The van der Waals surface area contributed by atoms with Gasteiger partial charge in [-0.15, -0.1) is 0 Å². The highest BCUT2D eigenvalue weighted by Crippen LogP contribution is 2.45. The molecule has 13 nitrogen and oxygen atoms in total. The van der Waals surface area contributed by atoms with Gasteiger partial charge >= 0.3 is 0 Å². The number of sulfonamides is 1. The Kier molecular flexibility index (Phi) is 12.8. The van der Waals surface area contributed by atoms with Gasteiger partial charge in [0.25, 0.3) is 21.6 Å². The number of aromatic amines is 1. The number of allylic oxidation sites excluding steroid dienone is 1. The molecule has 0 atom stereocenters. The number of halogens is 2. The van der Waals surface area contributed by atoms with E-state index >= 15 is 4.39 Å². The molecular weight excluding hydrogens is 905 g/mol. The number of aromatic nitrogens is 1. The first-order valence-corrected chi connectivity index (χ1v) is 25.9. The lowest BCUT2D eigenvalue weighted by molar-refractivity contribution is -0.384. The van der Waals surface area contributed by atoms with Gasteiger partial charge in [-0.3, -0.25) is 24.7 Å². The number of ether oxygens (including phenoxy) is 1. The van der Waals surface area contributed by atoms with Crippen molar-refractivity contribution >= 4 is 61.1 Å². The van der Waals surface area contributed by atoms with E-state index in [1.165, 1.54) is 72.7 Å². The molecule has 1 amide bonds. The Balaban J connectivity index is 0.851. The maximum Gasteiger partial charge on any atom is 0.293 e. The van der Waals surface area contributed by atoms with Crippen LogP contribution in [0.4, 0.5) is 21.5 Å². The van der Waals surface area contributed by atoms with E-state index in [1.807, 2.05) is 12.1 Å². The fourth-order valence-electron chi connectivity index (χ4n) is 10.7.